The number of hydrogen-bond acceptors (Lipinski definition) is 3. The van der Waals surface area contributed by atoms with Gasteiger partial charge in [0.1, 0.15) is 11.6 Å². The molecule has 1 N–H and O–H groups in total. The number of thiophene rings is 1. The molecule has 0 saturated carbocycles. The third-order valence-electron chi connectivity index (χ3n) is 3.71. The van der Waals surface area contributed by atoms with E-state index in [4.69, 9.17) is 4.74 Å². The summed E-state index contributed by atoms with van der Waals surface area (Å²) in [6.45, 7) is 7.17. The van der Waals surface area contributed by atoms with Crippen molar-refractivity contribution < 1.29 is 9.13 Å². The molecule has 1 heterocycles. The highest BCUT2D eigenvalue weighted by Gasteiger charge is 2.23. The second kappa shape index (κ2) is 6.58. The zero-order valence-electron chi connectivity index (χ0n) is 12.9. The molecule has 21 heavy (non-hydrogen) atoms. The molecule has 2 rings (SSSR count). The minimum absolute atomic E-state index is 0.0331. The van der Waals surface area contributed by atoms with Crippen LogP contribution in [0.5, 0.6) is 5.75 Å². The first-order valence-electron chi connectivity index (χ1n) is 7.05. The lowest BCUT2D eigenvalue weighted by molar-refractivity contribution is 0.407. The van der Waals surface area contributed by atoms with E-state index in [-0.39, 0.29) is 17.3 Å². The summed E-state index contributed by atoms with van der Waals surface area (Å²) in [6.07, 6.45) is 0. The molecular formula is C17H22FNOS. The molecule has 114 valence electrons. The van der Waals surface area contributed by atoms with E-state index in [1.807, 2.05) is 6.92 Å². The van der Waals surface area contributed by atoms with E-state index < -0.39 is 0 Å². The summed E-state index contributed by atoms with van der Waals surface area (Å²) >= 11 is 1.75. The van der Waals surface area contributed by atoms with E-state index in [1.54, 1.807) is 30.6 Å². The van der Waals surface area contributed by atoms with Gasteiger partial charge in [-0.1, -0.05) is 26.0 Å². The van der Waals surface area contributed by atoms with Gasteiger partial charge in [0.2, 0.25) is 0 Å². The van der Waals surface area contributed by atoms with Crippen molar-refractivity contribution in [3.05, 3.63) is 52.0 Å². The molecule has 4 heteroatoms. The lowest BCUT2D eigenvalue weighted by Crippen LogP contribution is -2.34. The SMILES string of the molecule is COc1ccc(C(C)NCC(C)(C)c2cccs2)c(F)c1. The van der Waals surface area contributed by atoms with Crippen LogP contribution in [0.3, 0.4) is 0 Å². The Morgan fingerprint density at radius 2 is 2.10 bits per heavy atom. The van der Waals surface area contributed by atoms with Gasteiger partial charge in [-0.3, -0.25) is 0 Å². The maximum atomic E-state index is 14.1. The lowest BCUT2D eigenvalue weighted by Gasteiger charge is -2.26. The summed E-state index contributed by atoms with van der Waals surface area (Å²) in [6, 6.07) is 9.16. The predicted molar refractivity (Wildman–Crippen MR) is 86.7 cm³/mol. The highest BCUT2D eigenvalue weighted by Crippen LogP contribution is 2.28. The molecule has 0 aliphatic rings. The Balaban J connectivity index is 2.03. The van der Waals surface area contributed by atoms with Crippen LogP contribution in [0, 0.1) is 5.82 Å². The molecule has 0 radical (unpaired) electrons. The molecule has 0 fully saturated rings. The monoisotopic (exact) mass is 307 g/mol. The van der Waals surface area contributed by atoms with Crippen LogP contribution < -0.4 is 10.1 Å². The number of nitrogens with one attached hydrogen (secondary N) is 1. The minimum Gasteiger partial charge on any atom is -0.497 e. The van der Waals surface area contributed by atoms with Gasteiger partial charge in [0.05, 0.1) is 7.11 Å². The average molecular weight is 307 g/mol. The van der Waals surface area contributed by atoms with Gasteiger partial charge in [-0.05, 0) is 24.4 Å². The van der Waals surface area contributed by atoms with E-state index in [9.17, 15) is 4.39 Å². The van der Waals surface area contributed by atoms with E-state index in [0.717, 1.165) is 6.54 Å². The second-order valence-corrected chi connectivity index (χ2v) is 6.80. The first-order valence-corrected chi connectivity index (χ1v) is 7.93. The molecular weight excluding hydrogens is 285 g/mol. The van der Waals surface area contributed by atoms with Crippen LogP contribution in [-0.2, 0) is 5.41 Å². The highest BCUT2D eigenvalue weighted by atomic mass is 32.1. The molecule has 2 aromatic rings. The van der Waals surface area contributed by atoms with Crippen molar-refractivity contribution in [2.24, 2.45) is 0 Å². The number of rotatable bonds is 6. The normalized spacial score (nSPS) is 13.2. The molecule has 0 spiro atoms. The lowest BCUT2D eigenvalue weighted by atomic mass is 9.91. The van der Waals surface area contributed by atoms with Crippen LogP contribution in [0.25, 0.3) is 0 Å². The summed E-state index contributed by atoms with van der Waals surface area (Å²) in [4.78, 5) is 1.33. The van der Waals surface area contributed by atoms with E-state index in [0.29, 0.717) is 11.3 Å². The first-order chi connectivity index (χ1) is 9.94. The summed E-state index contributed by atoms with van der Waals surface area (Å²) in [5.74, 6) is 0.311. The van der Waals surface area contributed by atoms with Crippen molar-refractivity contribution in [3.63, 3.8) is 0 Å². The average Bonchev–Trinajstić information content (AvgIpc) is 2.99. The Hall–Kier alpha value is -1.39. The maximum absolute atomic E-state index is 14.1. The first kappa shape index (κ1) is 16.0. The number of benzene rings is 1. The fraction of sp³-hybridized carbons (Fsp3) is 0.412. The van der Waals surface area contributed by atoms with E-state index >= 15 is 0 Å². The Morgan fingerprint density at radius 1 is 1.33 bits per heavy atom. The largest absolute Gasteiger partial charge is 0.497 e. The van der Waals surface area contributed by atoms with Crippen molar-refractivity contribution in [2.75, 3.05) is 13.7 Å². The maximum Gasteiger partial charge on any atom is 0.131 e. The van der Waals surface area contributed by atoms with Gasteiger partial charge in [-0.15, -0.1) is 11.3 Å². The van der Waals surface area contributed by atoms with Gasteiger partial charge in [0.25, 0.3) is 0 Å². The Kier molecular flexibility index (Phi) is 5.01. The van der Waals surface area contributed by atoms with Crippen molar-refractivity contribution in [2.45, 2.75) is 32.2 Å². The fourth-order valence-corrected chi connectivity index (χ4v) is 3.11. The third kappa shape index (κ3) is 3.83. The van der Waals surface area contributed by atoms with Crippen molar-refractivity contribution in [1.29, 1.82) is 0 Å². The van der Waals surface area contributed by atoms with Crippen molar-refractivity contribution in [1.82, 2.24) is 5.32 Å². The molecule has 0 aliphatic heterocycles. The van der Waals surface area contributed by atoms with Gasteiger partial charge in [0, 0.05) is 34.5 Å². The molecule has 0 saturated heterocycles. The number of ether oxygens (including phenoxy) is 1. The Bertz CT molecular complexity index is 580. The van der Waals surface area contributed by atoms with Crippen molar-refractivity contribution in [3.8, 4) is 5.75 Å². The van der Waals surface area contributed by atoms with Crippen LogP contribution in [0.4, 0.5) is 4.39 Å². The third-order valence-corrected chi connectivity index (χ3v) is 4.95. The molecule has 0 aliphatic carbocycles. The van der Waals surface area contributed by atoms with E-state index in [2.05, 4.69) is 36.7 Å². The molecule has 1 aromatic heterocycles. The van der Waals surface area contributed by atoms with Crippen LogP contribution in [0.15, 0.2) is 35.7 Å². The Morgan fingerprint density at radius 3 is 2.67 bits per heavy atom. The van der Waals surface area contributed by atoms with Gasteiger partial charge in [0.15, 0.2) is 0 Å². The highest BCUT2D eigenvalue weighted by molar-refractivity contribution is 7.10. The van der Waals surface area contributed by atoms with E-state index in [1.165, 1.54) is 10.9 Å². The summed E-state index contributed by atoms with van der Waals surface area (Å²) in [5, 5.41) is 5.52. The van der Waals surface area contributed by atoms with Gasteiger partial charge >= 0.3 is 0 Å². The second-order valence-electron chi connectivity index (χ2n) is 5.85. The van der Waals surface area contributed by atoms with Crippen LogP contribution in [0.1, 0.15) is 37.3 Å². The number of hydrogen-bond donors (Lipinski definition) is 1. The molecule has 0 amide bonds. The fourth-order valence-electron chi connectivity index (χ4n) is 2.25. The minimum atomic E-state index is -0.233. The van der Waals surface area contributed by atoms with Crippen molar-refractivity contribution >= 4 is 11.3 Å². The standard InChI is InChI=1S/C17H22FNOS/c1-12(14-8-7-13(20-4)10-15(14)18)19-11-17(2,3)16-6-5-9-21-16/h5-10,12,19H,11H2,1-4H3. The molecule has 2 nitrogen and oxygen atoms in total. The zero-order chi connectivity index (χ0) is 15.5. The number of methoxy groups -OCH3 is 1. The summed E-state index contributed by atoms with van der Waals surface area (Å²) in [5.41, 5.74) is 0.698. The summed E-state index contributed by atoms with van der Waals surface area (Å²) < 4.78 is 19.1. The van der Waals surface area contributed by atoms with Crippen LogP contribution in [0.2, 0.25) is 0 Å². The van der Waals surface area contributed by atoms with Crippen LogP contribution in [-0.4, -0.2) is 13.7 Å². The van der Waals surface area contributed by atoms with Gasteiger partial charge < -0.3 is 10.1 Å². The predicted octanol–water partition coefficient (Wildman–Crippen LogP) is 4.52. The summed E-state index contributed by atoms with van der Waals surface area (Å²) in [7, 11) is 1.54. The zero-order valence-corrected chi connectivity index (χ0v) is 13.8. The molecule has 1 atom stereocenters. The van der Waals surface area contributed by atoms with Crippen LogP contribution >= 0.6 is 11.3 Å². The van der Waals surface area contributed by atoms with Gasteiger partial charge in [-0.2, -0.15) is 0 Å². The number of halogens is 1. The topological polar surface area (TPSA) is 21.3 Å². The van der Waals surface area contributed by atoms with Gasteiger partial charge in [-0.25, -0.2) is 4.39 Å². The molecule has 1 aromatic carbocycles. The quantitative estimate of drug-likeness (QED) is 0.847. The molecule has 1 unspecified atom stereocenters. The molecule has 0 bridgehead atoms. The smallest absolute Gasteiger partial charge is 0.131 e. The Labute approximate surface area is 130 Å².